The molecule has 2 aromatic carbocycles. The average molecular weight is 407 g/mol. The van der Waals surface area contributed by atoms with Gasteiger partial charge in [-0.15, -0.1) is 10.2 Å². The molecule has 6 heteroatoms. The van der Waals surface area contributed by atoms with Gasteiger partial charge in [-0.2, -0.15) is 0 Å². The molecule has 0 bridgehead atoms. The van der Waals surface area contributed by atoms with Crippen molar-refractivity contribution in [2.45, 2.75) is 32.5 Å². The van der Waals surface area contributed by atoms with Crippen molar-refractivity contribution in [3.8, 4) is 17.1 Å². The van der Waals surface area contributed by atoms with Crippen LogP contribution in [-0.2, 0) is 13.6 Å². The molecule has 0 spiro atoms. The Morgan fingerprint density at radius 1 is 1.03 bits per heavy atom. The number of rotatable bonds is 7. The molecule has 0 amide bonds. The number of para-hydroxylation sites is 1. The molecule has 4 rings (SSSR count). The summed E-state index contributed by atoms with van der Waals surface area (Å²) in [4.78, 5) is 0. The number of fused-ring (bicyclic) bond motifs is 1. The molecule has 0 N–H and O–H groups in total. The summed E-state index contributed by atoms with van der Waals surface area (Å²) in [5.41, 5.74) is 4.88. The van der Waals surface area contributed by atoms with Crippen LogP contribution in [0.25, 0.3) is 22.3 Å². The summed E-state index contributed by atoms with van der Waals surface area (Å²) in [7, 11) is 2.03. The number of nitrogens with zero attached hydrogens (tertiary/aromatic N) is 4. The molecule has 29 heavy (non-hydrogen) atoms. The molecule has 0 saturated carbocycles. The number of aromatic nitrogens is 4. The lowest BCUT2D eigenvalue weighted by atomic mass is 10.1. The van der Waals surface area contributed by atoms with Crippen LogP contribution in [0.3, 0.4) is 0 Å². The zero-order valence-corrected chi connectivity index (χ0v) is 18.2. The van der Waals surface area contributed by atoms with E-state index in [1.807, 2.05) is 13.1 Å². The molecule has 5 nitrogen and oxygen atoms in total. The van der Waals surface area contributed by atoms with Crippen LogP contribution in [0.2, 0.25) is 0 Å². The van der Waals surface area contributed by atoms with Gasteiger partial charge >= 0.3 is 0 Å². The van der Waals surface area contributed by atoms with Crippen molar-refractivity contribution < 1.29 is 4.74 Å². The highest BCUT2D eigenvalue weighted by Crippen LogP contribution is 2.31. The van der Waals surface area contributed by atoms with Gasteiger partial charge in [0.25, 0.3) is 0 Å². The largest absolute Gasteiger partial charge is 0.493 e. The summed E-state index contributed by atoms with van der Waals surface area (Å²) in [6.07, 6.45) is 2.17. The molecular weight excluding hydrogens is 380 g/mol. The fourth-order valence-electron chi connectivity index (χ4n) is 3.46. The van der Waals surface area contributed by atoms with E-state index < -0.39 is 0 Å². The van der Waals surface area contributed by atoms with Crippen molar-refractivity contribution in [3.63, 3.8) is 0 Å². The standard InChI is InChI=1S/C23H26N4OS/c1-5-27-15-20(19-8-6-7-9-21(19)27)22-24-25-23(26(22)4)29-13-12-28-18-11-10-16(2)17(3)14-18/h6-11,14-15H,5,12-13H2,1-4H3. The van der Waals surface area contributed by atoms with E-state index in [4.69, 9.17) is 4.74 Å². The predicted molar refractivity (Wildman–Crippen MR) is 120 cm³/mol. The molecule has 0 radical (unpaired) electrons. The number of thioether (sulfide) groups is 1. The number of aryl methyl sites for hydroxylation is 3. The Hall–Kier alpha value is -2.73. The van der Waals surface area contributed by atoms with Gasteiger partial charge in [0.05, 0.1) is 6.61 Å². The van der Waals surface area contributed by atoms with Gasteiger partial charge in [0.15, 0.2) is 11.0 Å². The SMILES string of the molecule is CCn1cc(-c2nnc(SCCOc3ccc(C)c(C)c3)n2C)c2ccccc21. The van der Waals surface area contributed by atoms with Crippen LogP contribution in [0.4, 0.5) is 0 Å². The van der Waals surface area contributed by atoms with Gasteiger partial charge in [0.2, 0.25) is 0 Å². The Morgan fingerprint density at radius 2 is 1.86 bits per heavy atom. The van der Waals surface area contributed by atoms with E-state index in [1.165, 1.54) is 22.0 Å². The van der Waals surface area contributed by atoms with Gasteiger partial charge < -0.3 is 13.9 Å². The van der Waals surface area contributed by atoms with E-state index in [0.717, 1.165) is 34.6 Å². The third-order valence-corrected chi connectivity index (χ3v) is 6.25. The maximum atomic E-state index is 5.89. The molecule has 0 saturated heterocycles. The van der Waals surface area contributed by atoms with Gasteiger partial charge in [-0.25, -0.2) is 0 Å². The van der Waals surface area contributed by atoms with Crippen LogP contribution in [0.5, 0.6) is 5.75 Å². The Balaban J connectivity index is 1.46. The van der Waals surface area contributed by atoms with Crippen molar-refractivity contribution in [3.05, 3.63) is 59.8 Å². The lowest BCUT2D eigenvalue weighted by molar-refractivity contribution is 0.343. The molecular formula is C23H26N4OS. The maximum Gasteiger partial charge on any atom is 0.191 e. The second kappa shape index (κ2) is 8.33. The summed E-state index contributed by atoms with van der Waals surface area (Å²) in [5, 5.41) is 11.0. The Morgan fingerprint density at radius 3 is 2.66 bits per heavy atom. The normalized spacial score (nSPS) is 11.3. The van der Waals surface area contributed by atoms with Crippen molar-refractivity contribution in [1.29, 1.82) is 0 Å². The summed E-state index contributed by atoms with van der Waals surface area (Å²) >= 11 is 1.66. The number of ether oxygens (including phenoxy) is 1. The molecule has 2 heterocycles. The summed E-state index contributed by atoms with van der Waals surface area (Å²) < 4.78 is 10.2. The number of hydrogen-bond donors (Lipinski definition) is 0. The van der Waals surface area contributed by atoms with Crippen molar-refractivity contribution in [1.82, 2.24) is 19.3 Å². The predicted octanol–water partition coefficient (Wildman–Crippen LogP) is 5.24. The van der Waals surface area contributed by atoms with Crippen LogP contribution in [-0.4, -0.2) is 31.7 Å². The lowest BCUT2D eigenvalue weighted by Crippen LogP contribution is -2.02. The Bertz CT molecular complexity index is 1150. The van der Waals surface area contributed by atoms with Crippen molar-refractivity contribution >= 4 is 22.7 Å². The zero-order chi connectivity index (χ0) is 20.4. The molecule has 0 atom stereocenters. The summed E-state index contributed by atoms with van der Waals surface area (Å²) in [6, 6.07) is 14.7. The van der Waals surface area contributed by atoms with Crippen molar-refractivity contribution in [2.75, 3.05) is 12.4 Å². The first-order valence-corrected chi connectivity index (χ1v) is 10.9. The molecule has 0 unspecified atom stereocenters. The highest BCUT2D eigenvalue weighted by atomic mass is 32.2. The molecule has 0 aliphatic rings. The van der Waals surface area contributed by atoms with Gasteiger partial charge in [-0.1, -0.05) is 36.0 Å². The van der Waals surface area contributed by atoms with Gasteiger partial charge in [-0.05, 0) is 50.1 Å². The van der Waals surface area contributed by atoms with E-state index >= 15 is 0 Å². The summed E-state index contributed by atoms with van der Waals surface area (Å²) in [5.74, 6) is 2.63. The molecule has 0 aliphatic carbocycles. The highest BCUT2D eigenvalue weighted by Gasteiger charge is 2.16. The van der Waals surface area contributed by atoms with Gasteiger partial charge in [-0.3, -0.25) is 0 Å². The van der Waals surface area contributed by atoms with E-state index in [9.17, 15) is 0 Å². The van der Waals surface area contributed by atoms with E-state index in [1.54, 1.807) is 11.8 Å². The minimum absolute atomic E-state index is 0.629. The number of benzene rings is 2. The molecule has 0 fully saturated rings. The minimum Gasteiger partial charge on any atom is -0.493 e. The van der Waals surface area contributed by atoms with Crippen LogP contribution in [0.15, 0.2) is 53.8 Å². The average Bonchev–Trinajstić information content (AvgIpc) is 3.28. The van der Waals surface area contributed by atoms with Gasteiger partial charge in [0.1, 0.15) is 5.75 Å². The minimum atomic E-state index is 0.629. The first-order chi connectivity index (χ1) is 14.1. The fourth-order valence-corrected chi connectivity index (χ4v) is 4.19. The van der Waals surface area contributed by atoms with Gasteiger partial charge in [0, 0.05) is 42.0 Å². The van der Waals surface area contributed by atoms with E-state index in [0.29, 0.717) is 6.61 Å². The van der Waals surface area contributed by atoms with Crippen LogP contribution in [0, 0.1) is 13.8 Å². The number of hydrogen-bond acceptors (Lipinski definition) is 4. The first-order valence-electron chi connectivity index (χ1n) is 9.89. The van der Waals surface area contributed by atoms with E-state index in [-0.39, 0.29) is 0 Å². The lowest BCUT2D eigenvalue weighted by Gasteiger charge is -2.08. The van der Waals surface area contributed by atoms with Crippen LogP contribution < -0.4 is 4.74 Å². The molecule has 4 aromatic rings. The second-order valence-electron chi connectivity index (χ2n) is 7.15. The smallest absolute Gasteiger partial charge is 0.191 e. The third kappa shape index (κ3) is 3.90. The van der Waals surface area contributed by atoms with Crippen molar-refractivity contribution in [2.24, 2.45) is 7.05 Å². The molecule has 150 valence electrons. The quantitative estimate of drug-likeness (QED) is 0.311. The second-order valence-corrected chi connectivity index (χ2v) is 8.22. The summed E-state index contributed by atoms with van der Waals surface area (Å²) in [6.45, 7) is 7.93. The Labute approximate surface area is 175 Å². The van der Waals surface area contributed by atoms with E-state index in [2.05, 4.69) is 82.7 Å². The molecule has 0 aliphatic heterocycles. The monoisotopic (exact) mass is 406 g/mol. The zero-order valence-electron chi connectivity index (χ0n) is 17.3. The van der Waals surface area contributed by atoms with Crippen LogP contribution in [0.1, 0.15) is 18.1 Å². The Kier molecular flexibility index (Phi) is 5.62. The molecule has 2 aromatic heterocycles. The first kappa shape index (κ1) is 19.6. The fraction of sp³-hybridized carbons (Fsp3) is 0.304. The highest BCUT2D eigenvalue weighted by molar-refractivity contribution is 7.99. The maximum absolute atomic E-state index is 5.89. The third-order valence-electron chi connectivity index (χ3n) is 5.27. The topological polar surface area (TPSA) is 44.9 Å². The van der Waals surface area contributed by atoms with Crippen LogP contribution >= 0.6 is 11.8 Å².